The van der Waals surface area contributed by atoms with Crippen LogP contribution in [0.3, 0.4) is 0 Å². The summed E-state index contributed by atoms with van der Waals surface area (Å²) in [6, 6.07) is 0. The van der Waals surface area contributed by atoms with Crippen molar-refractivity contribution >= 4 is 0 Å². The Labute approximate surface area is 101 Å². The molecule has 1 unspecified atom stereocenters. The molecule has 0 amide bonds. The molecule has 0 rings (SSSR count). The van der Waals surface area contributed by atoms with Crippen molar-refractivity contribution in [3.05, 3.63) is 23.5 Å². The van der Waals surface area contributed by atoms with Gasteiger partial charge >= 0.3 is 0 Å². The molecule has 0 radical (unpaired) electrons. The molecule has 0 bridgehead atoms. The van der Waals surface area contributed by atoms with Gasteiger partial charge in [0.1, 0.15) is 0 Å². The van der Waals surface area contributed by atoms with Crippen molar-refractivity contribution in [1.29, 1.82) is 0 Å². The first kappa shape index (κ1) is 15.3. The molecular weight excluding hydrogens is 196 g/mol. The molecule has 0 aromatic carbocycles. The van der Waals surface area contributed by atoms with Gasteiger partial charge in [0, 0.05) is 5.92 Å². The summed E-state index contributed by atoms with van der Waals surface area (Å²) < 4.78 is 0. The molecule has 94 valence electrons. The Kier molecular flexibility index (Phi) is 4.85. The van der Waals surface area contributed by atoms with Crippen molar-refractivity contribution < 1.29 is 5.11 Å². The van der Waals surface area contributed by atoms with Crippen LogP contribution in [0, 0.1) is 16.7 Å². The molecule has 1 atom stereocenters. The molecule has 0 saturated carbocycles. The van der Waals surface area contributed by atoms with E-state index in [4.69, 9.17) is 0 Å². The SMILES string of the molecule is C/C=C\C(=C(\O)C(C)C(C)(C)C)C(C)(C)C. The third-order valence-electron chi connectivity index (χ3n) is 3.13. The second kappa shape index (κ2) is 5.07. The lowest BCUT2D eigenvalue weighted by Crippen LogP contribution is -2.23. The van der Waals surface area contributed by atoms with E-state index in [0.29, 0.717) is 5.76 Å². The second-order valence-corrected chi connectivity index (χ2v) is 6.64. The zero-order valence-electron chi connectivity index (χ0n) is 12.2. The Hall–Kier alpha value is -0.720. The number of hydrogen-bond acceptors (Lipinski definition) is 1. The number of aliphatic hydroxyl groups is 1. The van der Waals surface area contributed by atoms with Crippen LogP contribution in [-0.4, -0.2) is 5.11 Å². The first-order chi connectivity index (χ1) is 7.01. The zero-order chi connectivity index (χ0) is 13.1. The van der Waals surface area contributed by atoms with Crippen molar-refractivity contribution in [2.24, 2.45) is 16.7 Å². The predicted molar refractivity (Wildman–Crippen MR) is 72.5 cm³/mol. The molecule has 0 heterocycles. The quantitative estimate of drug-likeness (QED) is 0.511. The molecule has 0 spiro atoms. The summed E-state index contributed by atoms with van der Waals surface area (Å²) in [4.78, 5) is 0. The molecule has 0 aliphatic heterocycles. The maximum atomic E-state index is 10.4. The van der Waals surface area contributed by atoms with Crippen LogP contribution in [0.25, 0.3) is 0 Å². The fourth-order valence-corrected chi connectivity index (χ4v) is 1.53. The number of hydrogen-bond donors (Lipinski definition) is 1. The number of allylic oxidation sites excluding steroid dienone is 4. The van der Waals surface area contributed by atoms with Crippen LogP contribution in [0.1, 0.15) is 55.4 Å². The Morgan fingerprint density at radius 1 is 1.06 bits per heavy atom. The molecule has 0 saturated heterocycles. The van der Waals surface area contributed by atoms with E-state index in [0.717, 1.165) is 5.57 Å². The van der Waals surface area contributed by atoms with Gasteiger partial charge in [-0.15, -0.1) is 0 Å². The lowest BCUT2D eigenvalue weighted by molar-refractivity contribution is 0.208. The predicted octanol–water partition coefficient (Wildman–Crippen LogP) is 5.10. The summed E-state index contributed by atoms with van der Waals surface area (Å²) in [6.45, 7) is 16.9. The Morgan fingerprint density at radius 2 is 1.50 bits per heavy atom. The average molecular weight is 224 g/mol. The highest BCUT2D eigenvalue weighted by Crippen LogP contribution is 2.37. The van der Waals surface area contributed by atoms with E-state index >= 15 is 0 Å². The minimum atomic E-state index is -0.0178. The van der Waals surface area contributed by atoms with Crippen LogP contribution < -0.4 is 0 Å². The van der Waals surface area contributed by atoms with Crippen LogP contribution in [0.5, 0.6) is 0 Å². The summed E-state index contributed by atoms with van der Waals surface area (Å²) >= 11 is 0. The maximum Gasteiger partial charge on any atom is 0.0992 e. The molecule has 0 fully saturated rings. The lowest BCUT2D eigenvalue weighted by Gasteiger charge is -2.31. The van der Waals surface area contributed by atoms with E-state index in [9.17, 15) is 5.11 Å². The average Bonchev–Trinajstić information content (AvgIpc) is 2.08. The maximum absolute atomic E-state index is 10.4. The van der Waals surface area contributed by atoms with Gasteiger partial charge in [0.2, 0.25) is 0 Å². The van der Waals surface area contributed by atoms with Crippen molar-refractivity contribution in [1.82, 2.24) is 0 Å². The summed E-state index contributed by atoms with van der Waals surface area (Å²) in [5.41, 5.74) is 1.11. The highest BCUT2D eigenvalue weighted by molar-refractivity contribution is 5.29. The van der Waals surface area contributed by atoms with Crippen molar-refractivity contribution in [2.45, 2.75) is 55.4 Å². The minimum absolute atomic E-state index is 0.0178. The molecule has 1 heteroatoms. The number of rotatable bonds is 2. The van der Waals surface area contributed by atoms with Crippen LogP contribution in [0.4, 0.5) is 0 Å². The minimum Gasteiger partial charge on any atom is -0.512 e. The van der Waals surface area contributed by atoms with E-state index in [-0.39, 0.29) is 16.7 Å². The standard InChI is InChI=1S/C15H28O/c1-9-10-12(15(6,7)8)13(16)11(2)14(3,4)5/h9-11,16H,1-8H3/b10-9-,13-12-. The molecule has 0 aromatic rings. The van der Waals surface area contributed by atoms with E-state index in [1.807, 2.05) is 19.1 Å². The van der Waals surface area contributed by atoms with Crippen molar-refractivity contribution in [3.63, 3.8) is 0 Å². The zero-order valence-corrected chi connectivity index (χ0v) is 12.2. The van der Waals surface area contributed by atoms with Crippen molar-refractivity contribution in [3.8, 4) is 0 Å². The fraction of sp³-hybridized carbons (Fsp3) is 0.733. The lowest BCUT2D eigenvalue weighted by atomic mass is 9.76. The van der Waals surface area contributed by atoms with Crippen LogP contribution in [0.2, 0.25) is 0 Å². The smallest absolute Gasteiger partial charge is 0.0992 e. The number of aliphatic hydroxyl groups excluding tert-OH is 1. The fourth-order valence-electron chi connectivity index (χ4n) is 1.53. The Bertz CT molecular complexity index is 282. The van der Waals surface area contributed by atoms with E-state index in [1.165, 1.54) is 0 Å². The summed E-state index contributed by atoms with van der Waals surface area (Å²) in [5, 5.41) is 10.4. The van der Waals surface area contributed by atoms with Gasteiger partial charge in [0.25, 0.3) is 0 Å². The summed E-state index contributed by atoms with van der Waals surface area (Å²) in [7, 11) is 0. The topological polar surface area (TPSA) is 20.2 Å². The van der Waals surface area contributed by atoms with Gasteiger partial charge in [-0.25, -0.2) is 0 Å². The van der Waals surface area contributed by atoms with Crippen LogP contribution >= 0.6 is 0 Å². The molecule has 0 aliphatic carbocycles. The molecule has 0 aliphatic rings. The van der Waals surface area contributed by atoms with Gasteiger partial charge in [-0.05, 0) is 23.3 Å². The van der Waals surface area contributed by atoms with Crippen molar-refractivity contribution in [2.75, 3.05) is 0 Å². The monoisotopic (exact) mass is 224 g/mol. The normalized spacial score (nSPS) is 17.5. The van der Waals surface area contributed by atoms with Gasteiger partial charge in [-0.1, -0.05) is 60.6 Å². The summed E-state index contributed by atoms with van der Waals surface area (Å²) in [5.74, 6) is 0.691. The molecule has 1 nitrogen and oxygen atoms in total. The molecule has 0 aromatic heterocycles. The van der Waals surface area contributed by atoms with E-state index in [1.54, 1.807) is 0 Å². The van der Waals surface area contributed by atoms with Gasteiger partial charge in [0.05, 0.1) is 5.76 Å². The van der Waals surface area contributed by atoms with Gasteiger partial charge in [-0.3, -0.25) is 0 Å². The molecular formula is C15H28O. The first-order valence-corrected chi connectivity index (χ1v) is 6.08. The van der Waals surface area contributed by atoms with Gasteiger partial charge < -0.3 is 5.11 Å². The third kappa shape index (κ3) is 4.03. The van der Waals surface area contributed by atoms with Crippen LogP contribution in [-0.2, 0) is 0 Å². The van der Waals surface area contributed by atoms with Crippen LogP contribution in [0.15, 0.2) is 23.5 Å². The van der Waals surface area contributed by atoms with E-state index < -0.39 is 0 Å². The Balaban J connectivity index is 5.46. The van der Waals surface area contributed by atoms with Gasteiger partial charge in [0.15, 0.2) is 0 Å². The first-order valence-electron chi connectivity index (χ1n) is 6.08. The summed E-state index contributed by atoms with van der Waals surface area (Å²) in [6.07, 6.45) is 4.02. The second-order valence-electron chi connectivity index (χ2n) is 6.64. The van der Waals surface area contributed by atoms with E-state index in [2.05, 4.69) is 48.5 Å². The molecule has 1 N–H and O–H groups in total. The Morgan fingerprint density at radius 3 is 1.75 bits per heavy atom. The third-order valence-corrected chi connectivity index (χ3v) is 3.13. The largest absolute Gasteiger partial charge is 0.512 e. The highest BCUT2D eigenvalue weighted by atomic mass is 16.3. The van der Waals surface area contributed by atoms with Gasteiger partial charge in [-0.2, -0.15) is 0 Å². The molecule has 16 heavy (non-hydrogen) atoms. The highest BCUT2D eigenvalue weighted by Gasteiger charge is 2.28.